The van der Waals surface area contributed by atoms with Gasteiger partial charge in [-0.1, -0.05) is 30.3 Å². The van der Waals surface area contributed by atoms with Crippen LogP contribution < -0.4 is 0 Å². The predicted octanol–water partition coefficient (Wildman–Crippen LogP) is 1.15. The van der Waals surface area contributed by atoms with E-state index >= 15 is 0 Å². The standard InChI is InChI=1S/C12H14O3/c13-8-11-7-10(12(14)15-11)6-9-4-2-1-3-5-9/h1-5,10-11,13H,6-8H2. The molecule has 3 heteroatoms. The van der Waals surface area contributed by atoms with Crippen LogP contribution in [-0.4, -0.2) is 23.8 Å². The Labute approximate surface area is 88.7 Å². The van der Waals surface area contributed by atoms with Crippen LogP contribution in [0.3, 0.4) is 0 Å². The number of aliphatic hydroxyl groups is 1. The van der Waals surface area contributed by atoms with Crippen molar-refractivity contribution in [3.05, 3.63) is 35.9 Å². The van der Waals surface area contributed by atoms with Crippen molar-refractivity contribution in [3.8, 4) is 0 Å². The summed E-state index contributed by atoms with van der Waals surface area (Å²) in [5.74, 6) is -0.276. The van der Waals surface area contributed by atoms with Gasteiger partial charge in [-0.05, 0) is 12.0 Å². The minimum atomic E-state index is -0.300. The van der Waals surface area contributed by atoms with Crippen LogP contribution in [0, 0.1) is 5.92 Å². The van der Waals surface area contributed by atoms with Gasteiger partial charge in [0.05, 0.1) is 12.5 Å². The van der Waals surface area contributed by atoms with E-state index in [1.54, 1.807) is 0 Å². The molecular weight excluding hydrogens is 192 g/mol. The lowest BCUT2D eigenvalue weighted by molar-refractivity contribution is -0.145. The minimum absolute atomic E-state index is 0.0724. The van der Waals surface area contributed by atoms with Crippen molar-refractivity contribution in [1.29, 1.82) is 0 Å². The van der Waals surface area contributed by atoms with Crippen LogP contribution in [0.1, 0.15) is 12.0 Å². The number of ether oxygens (including phenoxy) is 1. The van der Waals surface area contributed by atoms with Crippen molar-refractivity contribution in [2.45, 2.75) is 18.9 Å². The summed E-state index contributed by atoms with van der Waals surface area (Å²) >= 11 is 0. The first-order valence-corrected chi connectivity index (χ1v) is 5.15. The van der Waals surface area contributed by atoms with Crippen LogP contribution in [0.15, 0.2) is 30.3 Å². The lowest BCUT2D eigenvalue weighted by atomic mass is 9.96. The minimum Gasteiger partial charge on any atom is -0.460 e. The maximum Gasteiger partial charge on any atom is 0.309 e. The third kappa shape index (κ3) is 2.36. The van der Waals surface area contributed by atoms with Crippen LogP contribution in [0.5, 0.6) is 0 Å². The lowest BCUT2D eigenvalue weighted by Gasteiger charge is -2.04. The van der Waals surface area contributed by atoms with E-state index in [9.17, 15) is 4.79 Å². The second kappa shape index (κ2) is 4.45. The number of cyclic esters (lactones) is 1. The van der Waals surface area contributed by atoms with Gasteiger partial charge in [0.15, 0.2) is 0 Å². The van der Waals surface area contributed by atoms with Gasteiger partial charge in [0, 0.05) is 6.42 Å². The number of rotatable bonds is 3. The smallest absolute Gasteiger partial charge is 0.309 e. The van der Waals surface area contributed by atoms with Crippen molar-refractivity contribution in [3.63, 3.8) is 0 Å². The molecule has 1 N–H and O–H groups in total. The average molecular weight is 206 g/mol. The fourth-order valence-electron chi connectivity index (χ4n) is 1.90. The predicted molar refractivity (Wildman–Crippen MR) is 55.2 cm³/mol. The molecule has 2 unspecified atom stereocenters. The van der Waals surface area contributed by atoms with E-state index < -0.39 is 0 Å². The number of aliphatic hydroxyl groups excluding tert-OH is 1. The SMILES string of the molecule is O=C1OC(CO)CC1Cc1ccccc1. The summed E-state index contributed by atoms with van der Waals surface area (Å²) in [6.07, 6.45) is 1.03. The monoisotopic (exact) mass is 206 g/mol. The molecule has 1 aliphatic rings. The first-order valence-electron chi connectivity index (χ1n) is 5.15. The molecule has 0 aliphatic carbocycles. The van der Waals surface area contributed by atoms with Crippen molar-refractivity contribution < 1.29 is 14.6 Å². The van der Waals surface area contributed by atoms with E-state index in [0.29, 0.717) is 12.8 Å². The molecule has 0 amide bonds. The molecule has 1 saturated heterocycles. The highest BCUT2D eigenvalue weighted by molar-refractivity contribution is 5.75. The third-order valence-corrected chi connectivity index (χ3v) is 2.69. The number of hydrogen-bond donors (Lipinski definition) is 1. The Bertz CT molecular complexity index is 334. The number of benzene rings is 1. The molecule has 0 saturated carbocycles. The van der Waals surface area contributed by atoms with Gasteiger partial charge in [-0.25, -0.2) is 0 Å². The second-order valence-electron chi connectivity index (χ2n) is 3.86. The zero-order chi connectivity index (χ0) is 10.7. The van der Waals surface area contributed by atoms with E-state index in [1.165, 1.54) is 0 Å². The highest BCUT2D eigenvalue weighted by Crippen LogP contribution is 2.24. The topological polar surface area (TPSA) is 46.5 Å². The maximum atomic E-state index is 11.4. The Morgan fingerprint density at radius 1 is 1.33 bits per heavy atom. The molecule has 0 aromatic heterocycles. The molecular formula is C12H14O3. The average Bonchev–Trinajstić information content (AvgIpc) is 2.61. The van der Waals surface area contributed by atoms with Crippen LogP contribution >= 0.6 is 0 Å². The highest BCUT2D eigenvalue weighted by Gasteiger charge is 2.33. The lowest BCUT2D eigenvalue weighted by Crippen LogP contribution is -2.11. The summed E-state index contributed by atoms with van der Waals surface area (Å²) in [4.78, 5) is 11.4. The van der Waals surface area contributed by atoms with E-state index in [-0.39, 0.29) is 24.6 Å². The Balaban J connectivity index is 1.99. The molecule has 1 aromatic carbocycles. The molecule has 1 aromatic rings. The quantitative estimate of drug-likeness (QED) is 0.755. The summed E-state index contributed by atoms with van der Waals surface area (Å²) in [7, 11) is 0. The summed E-state index contributed by atoms with van der Waals surface area (Å²) in [6, 6.07) is 9.87. The Kier molecular flexibility index (Phi) is 3.02. The van der Waals surface area contributed by atoms with Crippen molar-refractivity contribution in [2.24, 2.45) is 5.92 Å². The van der Waals surface area contributed by atoms with Crippen LogP contribution in [-0.2, 0) is 16.0 Å². The summed E-state index contributed by atoms with van der Waals surface area (Å²) in [5.41, 5.74) is 1.14. The molecule has 0 spiro atoms. The van der Waals surface area contributed by atoms with Gasteiger partial charge >= 0.3 is 5.97 Å². The molecule has 2 atom stereocenters. The number of esters is 1. The van der Waals surface area contributed by atoms with Gasteiger partial charge in [-0.3, -0.25) is 4.79 Å². The number of carbonyl (C=O) groups is 1. The molecule has 3 nitrogen and oxygen atoms in total. The molecule has 1 fully saturated rings. The fourth-order valence-corrected chi connectivity index (χ4v) is 1.90. The zero-order valence-electron chi connectivity index (χ0n) is 8.43. The van der Waals surface area contributed by atoms with Crippen molar-refractivity contribution >= 4 is 5.97 Å². The molecule has 1 aliphatic heterocycles. The number of carbonyl (C=O) groups excluding carboxylic acids is 1. The normalized spacial score (nSPS) is 25.3. The summed E-state index contributed by atoms with van der Waals surface area (Å²) < 4.78 is 5.01. The number of hydrogen-bond acceptors (Lipinski definition) is 3. The first-order chi connectivity index (χ1) is 7.29. The van der Waals surface area contributed by atoms with E-state index in [0.717, 1.165) is 5.56 Å². The molecule has 1 heterocycles. The highest BCUT2D eigenvalue weighted by atomic mass is 16.6. The Morgan fingerprint density at radius 2 is 2.07 bits per heavy atom. The van der Waals surface area contributed by atoms with Gasteiger partial charge in [-0.15, -0.1) is 0 Å². The summed E-state index contributed by atoms with van der Waals surface area (Å²) in [6.45, 7) is -0.0724. The van der Waals surface area contributed by atoms with Gasteiger partial charge in [0.1, 0.15) is 6.10 Å². The molecule has 0 radical (unpaired) electrons. The molecule has 80 valence electrons. The van der Waals surface area contributed by atoms with Crippen molar-refractivity contribution in [1.82, 2.24) is 0 Å². The summed E-state index contributed by atoms with van der Waals surface area (Å²) in [5, 5.41) is 8.89. The zero-order valence-corrected chi connectivity index (χ0v) is 8.43. The van der Waals surface area contributed by atoms with Crippen LogP contribution in [0.2, 0.25) is 0 Å². The van der Waals surface area contributed by atoms with Gasteiger partial charge in [-0.2, -0.15) is 0 Å². The van der Waals surface area contributed by atoms with Crippen LogP contribution in [0.25, 0.3) is 0 Å². The van der Waals surface area contributed by atoms with Gasteiger partial charge < -0.3 is 9.84 Å². The van der Waals surface area contributed by atoms with Crippen molar-refractivity contribution in [2.75, 3.05) is 6.61 Å². The fraction of sp³-hybridized carbons (Fsp3) is 0.417. The Hall–Kier alpha value is -1.35. The maximum absolute atomic E-state index is 11.4. The van der Waals surface area contributed by atoms with Gasteiger partial charge in [0.2, 0.25) is 0 Å². The Morgan fingerprint density at radius 3 is 2.67 bits per heavy atom. The van der Waals surface area contributed by atoms with E-state index in [4.69, 9.17) is 9.84 Å². The van der Waals surface area contributed by atoms with E-state index in [1.807, 2.05) is 30.3 Å². The third-order valence-electron chi connectivity index (χ3n) is 2.69. The first kappa shape index (κ1) is 10.2. The molecule has 2 rings (SSSR count). The van der Waals surface area contributed by atoms with Crippen LogP contribution in [0.4, 0.5) is 0 Å². The van der Waals surface area contributed by atoms with E-state index in [2.05, 4.69) is 0 Å². The second-order valence-corrected chi connectivity index (χ2v) is 3.86. The van der Waals surface area contributed by atoms with Gasteiger partial charge in [0.25, 0.3) is 0 Å². The molecule has 0 bridgehead atoms. The molecule has 15 heavy (non-hydrogen) atoms. The largest absolute Gasteiger partial charge is 0.460 e.